The first kappa shape index (κ1) is 17.0. The molecular weight excluding hydrogens is 288 g/mol. The first-order valence-electron chi connectivity index (χ1n) is 7.73. The van der Waals surface area contributed by atoms with Crippen molar-refractivity contribution in [3.05, 3.63) is 59.4 Å². The molecule has 122 valence electrons. The first-order chi connectivity index (χ1) is 10.9. The zero-order valence-corrected chi connectivity index (χ0v) is 14.2. The van der Waals surface area contributed by atoms with E-state index in [-0.39, 0.29) is 11.3 Å². The summed E-state index contributed by atoms with van der Waals surface area (Å²) < 4.78 is 5.39. The van der Waals surface area contributed by atoms with Crippen LogP contribution in [0.25, 0.3) is 0 Å². The Labute approximate surface area is 137 Å². The van der Waals surface area contributed by atoms with E-state index in [4.69, 9.17) is 4.74 Å². The molecular formula is C19H24N2O2. The molecule has 23 heavy (non-hydrogen) atoms. The number of nitrogens with zero attached hydrogens (tertiary/aromatic N) is 1. The van der Waals surface area contributed by atoms with Crippen LogP contribution >= 0.6 is 0 Å². The highest BCUT2D eigenvalue weighted by Crippen LogP contribution is 2.28. The van der Waals surface area contributed by atoms with Crippen LogP contribution in [0.4, 0.5) is 0 Å². The smallest absolute Gasteiger partial charge is 0.224 e. The van der Waals surface area contributed by atoms with Crippen molar-refractivity contribution in [1.29, 1.82) is 0 Å². The maximum absolute atomic E-state index is 12.2. The number of hydrogen-bond acceptors (Lipinski definition) is 3. The van der Waals surface area contributed by atoms with Gasteiger partial charge >= 0.3 is 0 Å². The Morgan fingerprint density at radius 3 is 2.48 bits per heavy atom. The summed E-state index contributed by atoms with van der Waals surface area (Å²) in [5.74, 6) is 0.725. The van der Waals surface area contributed by atoms with Gasteiger partial charge in [0, 0.05) is 24.5 Å². The lowest BCUT2D eigenvalue weighted by atomic mass is 9.85. The molecule has 0 saturated carbocycles. The monoisotopic (exact) mass is 312 g/mol. The van der Waals surface area contributed by atoms with Gasteiger partial charge in [-0.05, 0) is 34.7 Å². The van der Waals surface area contributed by atoms with Gasteiger partial charge in [-0.1, -0.05) is 32.9 Å². The van der Waals surface area contributed by atoms with Crippen molar-refractivity contribution < 1.29 is 9.53 Å². The number of ether oxygens (including phenoxy) is 1. The predicted molar refractivity (Wildman–Crippen MR) is 91.5 cm³/mol. The zero-order chi connectivity index (χ0) is 16.9. The van der Waals surface area contributed by atoms with Gasteiger partial charge in [0.25, 0.3) is 0 Å². The van der Waals surface area contributed by atoms with Crippen LogP contribution in [0, 0.1) is 0 Å². The third kappa shape index (κ3) is 4.81. The van der Waals surface area contributed by atoms with Crippen LogP contribution in [0.15, 0.2) is 42.7 Å². The molecule has 0 aliphatic heterocycles. The molecule has 2 rings (SSSR count). The average Bonchev–Trinajstić information content (AvgIpc) is 2.53. The summed E-state index contributed by atoms with van der Waals surface area (Å²) in [6, 6.07) is 9.83. The van der Waals surface area contributed by atoms with Crippen molar-refractivity contribution in [3.8, 4) is 5.75 Å². The summed E-state index contributed by atoms with van der Waals surface area (Å²) >= 11 is 0. The van der Waals surface area contributed by atoms with Crippen molar-refractivity contribution in [1.82, 2.24) is 10.3 Å². The minimum absolute atomic E-state index is 0.0221. The quantitative estimate of drug-likeness (QED) is 0.922. The molecule has 1 aromatic heterocycles. The number of pyridine rings is 1. The van der Waals surface area contributed by atoms with Crippen LogP contribution in [0.5, 0.6) is 5.75 Å². The van der Waals surface area contributed by atoms with Crippen LogP contribution in [0.3, 0.4) is 0 Å². The number of rotatable bonds is 5. The normalized spacial score (nSPS) is 11.1. The van der Waals surface area contributed by atoms with E-state index in [0.717, 1.165) is 16.9 Å². The summed E-state index contributed by atoms with van der Waals surface area (Å²) in [5.41, 5.74) is 3.17. The van der Waals surface area contributed by atoms with Crippen LogP contribution in [0.2, 0.25) is 0 Å². The molecule has 0 aliphatic rings. The number of benzene rings is 1. The fraction of sp³-hybridized carbons (Fsp3) is 0.368. The molecule has 0 unspecified atom stereocenters. The van der Waals surface area contributed by atoms with Gasteiger partial charge in [0.15, 0.2) is 0 Å². The maximum Gasteiger partial charge on any atom is 0.224 e. The Morgan fingerprint density at radius 1 is 1.17 bits per heavy atom. The van der Waals surface area contributed by atoms with Gasteiger partial charge in [0.1, 0.15) is 5.75 Å². The number of amides is 1. The molecule has 0 atom stereocenters. The van der Waals surface area contributed by atoms with Gasteiger partial charge in [-0.2, -0.15) is 0 Å². The topological polar surface area (TPSA) is 51.2 Å². The highest BCUT2D eigenvalue weighted by molar-refractivity contribution is 5.79. The summed E-state index contributed by atoms with van der Waals surface area (Å²) in [6.07, 6.45) is 3.74. The second-order valence-corrected chi connectivity index (χ2v) is 6.59. The largest absolute Gasteiger partial charge is 0.496 e. The van der Waals surface area contributed by atoms with Gasteiger partial charge in [0.2, 0.25) is 5.91 Å². The standard InChI is InChI=1S/C19H24N2O2/c1-19(2,3)16-5-6-17(23-4)15(11-16)12-18(22)21-13-14-7-9-20-10-8-14/h5-11H,12-13H2,1-4H3,(H,21,22). The van der Waals surface area contributed by atoms with E-state index < -0.39 is 0 Å². The van der Waals surface area contributed by atoms with Crippen molar-refractivity contribution in [2.45, 2.75) is 39.2 Å². The number of methoxy groups -OCH3 is 1. The SMILES string of the molecule is COc1ccc(C(C)(C)C)cc1CC(=O)NCc1ccncc1. The Bertz CT molecular complexity index is 661. The minimum Gasteiger partial charge on any atom is -0.496 e. The molecule has 0 spiro atoms. The van der Waals surface area contributed by atoms with Crippen LogP contribution in [0.1, 0.15) is 37.5 Å². The highest BCUT2D eigenvalue weighted by Gasteiger charge is 2.17. The van der Waals surface area contributed by atoms with E-state index >= 15 is 0 Å². The van der Waals surface area contributed by atoms with Crippen molar-refractivity contribution >= 4 is 5.91 Å². The molecule has 0 radical (unpaired) electrons. The molecule has 4 nitrogen and oxygen atoms in total. The molecule has 0 saturated heterocycles. The molecule has 1 N–H and O–H groups in total. The van der Waals surface area contributed by atoms with E-state index in [2.05, 4.69) is 43.2 Å². The summed E-state index contributed by atoms with van der Waals surface area (Å²) in [6.45, 7) is 6.97. The lowest BCUT2D eigenvalue weighted by Crippen LogP contribution is -2.25. The summed E-state index contributed by atoms with van der Waals surface area (Å²) in [5, 5.41) is 2.93. The van der Waals surface area contributed by atoms with Gasteiger partial charge in [0.05, 0.1) is 13.5 Å². The predicted octanol–water partition coefficient (Wildman–Crippen LogP) is 3.25. The fourth-order valence-corrected chi connectivity index (χ4v) is 2.32. The Hall–Kier alpha value is -2.36. The molecule has 2 aromatic rings. The number of carbonyl (C=O) groups is 1. The van der Waals surface area contributed by atoms with Gasteiger partial charge in [-0.15, -0.1) is 0 Å². The van der Waals surface area contributed by atoms with Crippen molar-refractivity contribution in [3.63, 3.8) is 0 Å². The van der Waals surface area contributed by atoms with Crippen molar-refractivity contribution in [2.75, 3.05) is 7.11 Å². The van der Waals surface area contributed by atoms with Crippen molar-refractivity contribution in [2.24, 2.45) is 0 Å². The van der Waals surface area contributed by atoms with Crippen LogP contribution < -0.4 is 10.1 Å². The van der Waals surface area contributed by atoms with E-state index in [0.29, 0.717) is 13.0 Å². The number of carbonyl (C=O) groups excluding carboxylic acids is 1. The average molecular weight is 312 g/mol. The number of nitrogens with one attached hydrogen (secondary N) is 1. The zero-order valence-electron chi connectivity index (χ0n) is 14.2. The second kappa shape index (κ2) is 7.27. The van der Waals surface area contributed by atoms with E-state index in [1.54, 1.807) is 19.5 Å². The molecule has 0 aliphatic carbocycles. The van der Waals surface area contributed by atoms with Crippen LogP contribution in [-0.2, 0) is 23.2 Å². The van der Waals surface area contributed by atoms with E-state index in [1.165, 1.54) is 5.56 Å². The van der Waals surface area contributed by atoms with Gasteiger partial charge in [-0.3, -0.25) is 9.78 Å². The minimum atomic E-state index is -0.0221. The van der Waals surface area contributed by atoms with Gasteiger partial charge < -0.3 is 10.1 Å². The van der Waals surface area contributed by atoms with E-state index in [9.17, 15) is 4.79 Å². The molecule has 1 aromatic carbocycles. The lowest BCUT2D eigenvalue weighted by Gasteiger charge is -2.21. The number of aromatic nitrogens is 1. The number of hydrogen-bond donors (Lipinski definition) is 1. The van der Waals surface area contributed by atoms with Gasteiger partial charge in [-0.25, -0.2) is 0 Å². The summed E-state index contributed by atoms with van der Waals surface area (Å²) in [7, 11) is 1.63. The molecule has 1 heterocycles. The Balaban J connectivity index is 2.07. The molecule has 4 heteroatoms. The molecule has 0 fully saturated rings. The maximum atomic E-state index is 12.2. The Morgan fingerprint density at radius 2 is 1.87 bits per heavy atom. The molecule has 0 bridgehead atoms. The van der Waals surface area contributed by atoms with E-state index in [1.807, 2.05) is 18.2 Å². The fourth-order valence-electron chi connectivity index (χ4n) is 2.32. The highest BCUT2D eigenvalue weighted by atomic mass is 16.5. The lowest BCUT2D eigenvalue weighted by molar-refractivity contribution is -0.120. The Kier molecular flexibility index (Phi) is 5.37. The third-order valence-electron chi connectivity index (χ3n) is 3.74. The summed E-state index contributed by atoms with van der Waals surface area (Å²) in [4.78, 5) is 16.2. The van der Waals surface area contributed by atoms with Crippen LogP contribution in [-0.4, -0.2) is 18.0 Å². The first-order valence-corrected chi connectivity index (χ1v) is 7.73. The third-order valence-corrected chi connectivity index (χ3v) is 3.74. The second-order valence-electron chi connectivity index (χ2n) is 6.59. The molecule has 1 amide bonds.